The smallest absolute Gasteiger partial charge is 0.244 e. The van der Waals surface area contributed by atoms with E-state index in [1.54, 1.807) is 25.1 Å². The summed E-state index contributed by atoms with van der Waals surface area (Å²) < 4.78 is 53.5. The molecule has 7 nitrogen and oxygen atoms in total. The van der Waals surface area contributed by atoms with Crippen LogP contribution >= 0.6 is 15.9 Å². The minimum Gasteiger partial charge on any atom is -0.354 e. The van der Waals surface area contributed by atoms with Crippen molar-refractivity contribution in [3.05, 3.63) is 64.1 Å². The van der Waals surface area contributed by atoms with Crippen molar-refractivity contribution in [3.8, 4) is 0 Å². The van der Waals surface area contributed by atoms with Crippen LogP contribution < -0.4 is 9.62 Å². The molecule has 0 aliphatic carbocycles. The lowest BCUT2D eigenvalue weighted by Crippen LogP contribution is -2.51. The van der Waals surface area contributed by atoms with Crippen molar-refractivity contribution in [2.45, 2.75) is 33.4 Å². The Morgan fingerprint density at radius 3 is 2.29 bits per heavy atom. The Morgan fingerprint density at radius 1 is 1.06 bits per heavy atom. The molecule has 0 saturated heterocycles. The number of carbonyl (C=O) groups excluding carboxylic acids is 2. The summed E-state index contributed by atoms with van der Waals surface area (Å²) in [6.07, 6.45) is 0.860. The molecule has 0 spiro atoms. The van der Waals surface area contributed by atoms with Gasteiger partial charge in [0.1, 0.15) is 12.6 Å². The molecule has 1 atom stereocenters. The second kappa shape index (κ2) is 11.7. The lowest BCUT2D eigenvalue weighted by Gasteiger charge is -2.31. The van der Waals surface area contributed by atoms with Gasteiger partial charge in [0.2, 0.25) is 21.8 Å². The van der Waals surface area contributed by atoms with E-state index in [9.17, 15) is 26.8 Å². The maximum atomic E-state index is 13.8. The Morgan fingerprint density at radius 2 is 1.74 bits per heavy atom. The zero-order valence-corrected chi connectivity index (χ0v) is 21.8. The van der Waals surface area contributed by atoms with Gasteiger partial charge in [-0.25, -0.2) is 17.2 Å². The van der Waals surface area contributed by atoms with Gasteiger partial charge in [0.25, 0.3) is 0 Å². The maximum absolute atomic E-state index is 13.8. The highest BCUT2D eigenvalue weighted by Gasteiger charge is 2.30. The highest BCUT2D eigenvalue weighted by molar-refractivity contribution is 9.10. The maximum Gasteiger partial charge on any atom is 0.244 e. The summed E-state index contributed by atoms with van der Waals surface area (Å²) in [7, 11) is -4.03. The molecule has 1 N–H and O–H groups in total. The lowest BCUT2D eigenvalue weighted by atomic mass is 10.1. The van der Waals surface area contributed by atoms with Crippen LogP contribution in [0.4, 0.5) is 14.5 Å². The summed E-state index contributed by atoms with van der Waals surface area (Å²) >= 11 is 3.37. The minimum atomic E-state index is -4.03. The number of carbonyl (C=O) groups is 2. The molecule has 11 heteroatoms. The summed E-state index contributed by atoms with van der Waals surface area (Å²) in [4.78, 5) is 27.4. The van der Waals surface area contributed by atoms with Gasteiger partial charge in [-0.15, -0.1) is 0 Å². The number of hydrogen-bond acceptors (Lipinski definition) is 4. The van der Waals surface area contributed by atoms with Crippen molar-refractivity contribution >= 4 is 43.5 Å². The second-order valence-corrected chi connectivity index (χ2v) is 11.2. The van der Waals surface area contributed by atoms with Crippen LogP contribution in [0.1, 0.15) is 26.3 Å². The van der Waals surface area contributed by atoms with E-state index >= 15 is 0 Å². The first-order valence-electron chi connectivity index (χ1n) is 10.5. The minimum absolute atomic E-state index is 0.0317. The van der Waals surface area contributed by atoms with Crippen LogP contribution in [0.25, 0.3) is 0 Å². The van der Waals surface area contributed by atoms with E-state index in [4.69, 9.17) is 0 Å². The zero-order valence-electron chi connectivity index (χ0n) is 19.4. The molecule has 0 aliphatic heterocycles. The molecular weight excluding hydrogens is 532 g/mol. The highest BCUT2D eigenvalue weighted by atomic mass is 79.9. The second-order valence-electron chi connectivity index (χ2n) is 8.33. The third-order valence-electron chi connectivity index (χ3n) is 4.96. The Labute approximate surface area is 207 Å². The van der Waals surface area contributed by atoms with Crippen LogP contribution in [0, 0.1) is 17.6 Å². The van der Waals surface area contributed by atoms with E-state index in [0.717, 1.165) is 22.9 Å². The van der Waals surface area contributed by atoms with Gasteiger partial charge < -0.3 is 10.2 Å². The molecule has 2 aromatic carbocycles. The average Bonchev–Trinajstić information content (AvgIpc) is 2.74. The van der Waals surface area contributed by atoms with Crippen LogP contribution in [-0.2, 0) is 26.2 Å². The number of rotatable bonds is 10. The Hall–Kier alpha value is -2.53. The van der Waals surface area contributed by atoms with Crippen LogP contribution in [0.15, 0.2) is 46.9 Å². The third-order valence-corrected chi connectivity index (χ3v) is 6.60. The summed E-state index contributed by atoms with van der Waals surface area (Å²) in [5.74, 6) is -3.26. The van der Waals surface area contributed by atoms with Crippen LogP contribution in [0.5, 0.6) is 0 Å². The quantitative estimate of drug-likeness (QED) is 0.481. The summed E-state index contributed by atoms with van der Waals surface area (Å²) in [5.41, 5.74) is 0.513. The summed E-state index contributed by atoms with van der Waals surface area (Å²) in [6.45, 7) is 5.16. The molecule has 2 amide bonds. The fraction of sp³-hybridized carbons (Fsp3) is 0.391. The van der Waals surface area contributed by atoms with E-state index in [1.165, 1.54) is 4.90 Å². The van der Waals surface area contributed by atoms with Gasteiger partial charge in [0.15, 0.2) is 11.6 Å². The lowest BCUT2D eigenvalue weighted by molar-refractivity contribution is -0.139. The monoisotopic (exact) mass is 559 g/mol. The molecule has 0 saturated carbocycles. The van der Waals surface area contributed by atoms with Crippen molar-refractivity contribution in [1.82, 2.24) is 10.2 Å². The molecule has 1 unspecified atom stereocenters. The SMILES string of the molecule is CC(C)CNC(=O)C(C)N(Cc1cccc(Br)c1)C(=O)CN(c1ccc(F)c(F)c1)S(C)(=O)=O. The number of benzene rings is 2. The molecule has 2 aromatic rings. The molecule has 34 heavy (non-hydrogen) atoms. The first kappa shape index (κ1) is 27.7. The molecular formula is C23H28BrF2N3O4S. The van der Waals surface area contributed by atoms with Crippen molar-refractivity contribution in [2.24, 2.45) is 5.92 Å². The van der Waals surface area contributed by atoms with Gasteiger partial charge in [-0.05, 0) is 42.7 Å². The molecule has 0 radical (unpaired) electrons. The topological polar surface area (TPSA) is 86.8 Å². The zero-order chi connectivity index (χ0) is 25.6. The number of hydrogen-bond donors (Lipinski definition) is 1. The van der Waals surface area contributed by atoms with Gasteiger partial charge in [-0.3, -0.25) is 13.9 Å². The number of sulfonamides is 1. The van der Waals surface area contributed by atoms with Crippen molar-refractivity contribution in [3.63, 3.8) is 0 Å². The van der Waals surface area contributed by atoms with E-state index in [0.29, 0.717) is 22.5 Å². The van der Waals surface area contributed by atoms with Crippen molar-refractivity contribution in [1.29, 1.82) is 0 Å². The number of halogens is 3. The van der Waals surface area contributed by atoms with E-state index in [1.807, 2.05) is 19.9 Å². The predicted octanol–water partition coefficient (Wildman–Crippen LogP) is 3.68. The number of amides is 2. The Balaban J connectivity index is 2.39. The van der Waals surface area contributed by atoms with Gasteiger partial charge in [0, 0.05) is 23.6 Å². The van der Waals surface area contributed by atoms with Gasteiger partial charge >= 0.3 is 0 Å². The average molecular weight is 560 g/mol. The number of nitrogens with zero attached hydrogens (tertiary/aromatic N) is 2. The molecule has 0 heterocycles. The largest absolute Gasteiger partial charge is 0.354 e. The van der Waals surface area contributed by atoms with Crippen LogP contribution in [-0.4, -0.2) is 50.5 Å². The molecule has 0 aliphatic rings. The predicted molar refractivity (Wildman–Crippen MR) is 131 cm³/mol. The van der Waals surface area contributed by atoms with Crippen molar-refractivity contribution in [2.75, 3.05) is 23.7 Å². The highest BCUT2D eigenvalue weighted by Crippen LogP contribution is 2.22. The number of anilines is 1. The summed E-state index contributed by atoms with van der Waals surface area (Å²) in [5, 5.41) is 2.78. The fourth-order valence-electron chi connectivity index (χ4n) is 3.12. The normalized spacial score (nSPS) is 12.4. The summed E-state index contributed by atoms with van der Waals surface area (Å²) in [6, 6.07) is 8.78. The first-order chi connectivity index (χ1) is 15.8. The number of nitrogens with one attached hydrogen (secondary N) is 1. The van der Waals surface area contributed by atoms with Crippen LogP contribution in [0.2, 0.25) is 0 Å². The molecule has 186 valence electrons. The van der Waals surface area contributed by atoms with E-state index < -0.39 is 46.1 Å². The molecule has 0 fully saturated rings. The fourth-order valence-corrected chi connectivity index (χ4v) is 4.41. The van der Waals surface area contributed by atoms with Gasteiger partial charge in [0.05, 0.1) is 11.9 Å². The Kier molecular flexibility index (Phi) is 9.57. The Bertz CT molecular complexity index is 1140. The molecule has 0 bridgehead atoms. The van der Waals surface area contributed by atoms with Crippen molar-refractivity contribution < 1.29 is 26.8 Å². The van der Waals surface area contributed by atoms with E-state index in [-0.39, 0.29) is 18.2 Å². The van der Waals surface area contributed by atoms with Crippen LogP contribution in [0.3, 0.4) is 0 Å². The molecule has 0 aromatic heterocycles. The first-order valence-corrected chi connectivity index (χ1v) is 13.2. The van der Waals surface area contributed by atoms with E-state index in [2.05, 4.69) is 21.2 Å². The standard InChI is InChI=1S/C23H28BrF2N3O4S/c1-15(2)12-27-23(31)16(3)28(13-17-6-5-7-18(24)10-17)22(30)14-29(34(4,32)33)19-8-9-20(25)21(26)11-19/h5-11,15-16H,12-14H2,1-4H3,(H,27,31). The molecule has 2 rings (SSSR count). The third kappa shape index (κ3) is 7.76. The van der Waals surface area contributed by atoms with Gasteiger partial charge in [-0.1, -0.05) is 41.9 Å². The van der Waals surface area contributed by atoms with Gasteiger partial charge in [-0.2, -0.15) is 0 Å².